The molecule has 0 saturated heterocycles. The van der Waals surface area contributed by atoms with E-state index in [1.54, 1.807) is 24.3 Å². The lowest BCUT2D eigenvalue weighted by Gasteiger charge is -2.06. The number of hydrogen-bond acceptors (Lipinski definition) is 4. The third-order valence-electron chi connectivity index (χ3n) is 3.33. The standard InChI is InChI=1S/C20H22O4/c1-14(2)8-9-24-18-11-16(10-17(21)13-18)5-4-15-6-7-20(23-3)19(22)12-15/h4-8,10-13,21-22H,9H2,1-3H3/b5-4+. The van der Waals surface area contributed by atoms with Gasteiger partial charge in [0.15, 0.2) is 11.5 Å². The first kappa shape index (κ1) is 17.5. The minimum atomic E-state index is 0.0845. The normalized spacial score (nSPS) is 10.6. The third-order valence-corrected chi connectivity index (χ3v) is 3.33. The Morgan fingerprint density at radius 3 is 2.42 bits per heavy atom. The maximum Gasteiger partial charge on any atom is 0.160 e. The number of rotatable bonds is 6. The van der Waals surface area contributed by atoms with Crippen LogP contribution in [0.25, 0.3) is 12.2 Å². The molecular weight excluding hydrogens is 304 g/mol. The van der Waals surface area contributed by atoms with Crippen molar-refractivity contribution in [2.75, 3.05) is 13.7 Å². The fraction of sp³-hybridized carbons (Fsp3) is 0.200. The lowest BCUT2D eigenvalue weighted by Crippen LogP contribution is -1.94. The van der Waals surface area contributed by atoms with Gasteiger partial charge in [0.1, 0.15) is 18.1 Å². The molecule has 126 valence electrons. The molecule has 0 bridgehead atoms. The van der Waals surface area contributed by atoms with Gasteiger partial charge in [0.25, 0.3) is 0 Å². The zero-order valence-corrected chi connectivity index (χ0v) is 14.1. The summed E-state index contributed by atoms with van der Waals surface area (Å²) in [6.07, 6.45) is 5.65. The molecule has 2 aromatic rings. The maximum atomic E-state index is 9.83. The highest BCUT2D eigenvalue weighted by atomic mass is 16.5. The van der Waals surface area contributed by atoms with Gasteiger partial charge in [-0.2, -0.15) is 0 Å². The topological polar surface area (TPSA) is 58.9 Å². The molecule has 0 heterocycles. The molecule has 0 atom stereocenters. The second-order valence-electron chi connectivity index (χ2n) is 5.62. The van der Waals surface area contributed by atoms with Gasteiger partial charge < -0.3 is 19.7 Å². The van der Waals surface area contributed by atoms with E-state index < -0.39 is 0 Å². The lowest BCUT2D eigenvalue weighted by molar-refractivity contribution is 0.358. The minimum Gasteiger partial charge on any atom is -0.508 e. The van der Waals surface area contributed by atoms with Gasteiger partial charge in [-0.1, -0.05) is 23.8 Å². The van der Waals surface area contributed by atoms with Crippen molar-refractivity contribution in [1.29, 1.82) is 0 Å². The van der Waals surface area contributed by atoms with Gasteiger partial charge in [-0.05, 0) is 55.3 Å². The molecule has 2 aromatic carbocycles. The Morgan fingerprint density at radius 2 is 1.75 bits per heavy atom. The van der Waals surface area contributed by atoms with E-state index in [1.165, 1.54) is 12.7 Å². The van der Waals surface area contributed by atoms with Crippen LogP contribution >= 0.6 is 0 Å². The van der Waals surface area contributed by atoms with Gasteiger partial charge in [-0.3, -0.25) is 0 Å². The predicted molar refractivity (Wildman–Crippen MR) is 96.6 cm³/mol. The average molecular weight is 326 g/mol. The van der Waals surface area contributed by atoms with Crippen LogP contribution in [0.2, 0.25) is 0 Å². The Kier molecular flexibility index (Phi) is 5.90. The van der Waals surface area contributed by atoms with E-state index in [0.717, 1.165) is 11.1 Å². The molecule has 4 nitrogen and oxygen atoms in total. The zero-order chi connectivity index (χ0) is 17.5. The zero-order valence-electron chi connectivity index (χ0n) is 14.1. The largest absolute Gasteiger partial charge is 0.508 e. The third kappa shape index (κ3) is 5.09. The summed E-state index contributed by atoms with van der Waals surface area (Å²) in [6, 6.07) is 10.2. The smallest absolute Gasteiger partial charge is 0.160 e. The van der Waals surface area contributed by atoms with Crippen molar-refractivity contribution in [2.24, 2.45) is 0 Å². The van der Waals surface area contributed by atoms with Crippen LogP contribution in [0.1, 0.15) is 25.0 Å². The average Bonchev–Trinajstić information content (AvgIpc) is 2.52. The summed E-state index contributed by atoms with van der Waals surface area (Å²) in [4.78, 5) is 0. The molecule has 24 heavy (non-hydrogen) atoms. The van der Waals surface area contributed by atoms with Crippen LogP contribution in [0.15, 0.2) is 48.0 Å². The number of allylic oxidation sites excluding steroid dienone is 1. The van der Waals surface area contributed by atoms with Crippen LogP contribution in [-0.4, -0.2) is 23.9 Å². The van der Waals surface area contributed by atoms with Gasteiger partial charge >= 0.3 is 0 Å². The number of phenols is 2. The Hall–Kier alpha value is -2.88. The summed E-state index contributed by atoms with van der Waals surface area (Å²) in [5, 5.41) is 19.6. The Bertz CT molecular complexity index is 756. The molecule has 0 aliphatic heterocycles. The van der Waals surface area contributed by atoms with Crippen LogP contribution < -0.4 is 9.47 Å². The van der Waals surface area contributed by atoms with Crippen molar-refractivity contribution in [3.8, 4) is 23.0 Å². The van der Waals surface area contributed by atoms with Gasteiger partial charge in [0, 0.05) is 6.07 Å². The summed E-state index contributed by atoms with van der Waals surface area (Å²) >= 11 is 0. The number of hydrogen-bond donors (Lipinski definition) is 2. The quantitative estimate of drug-likeness (QED) is 0.600. The molecule has 0 aromatic heterocycles. The Morgan fingerprint density at radius 1 is 1.00 bits per heavy atom. The molecule has 0 amide bonds. The van der Waals surface area contributed by atoms with Gasteiger partial charge in [-0.15, -0.1) is 0 Å². The van der Waals surface area contributed by atoms with Crippen LogP contribution in [-0.2, 0) is 0 Å². The monoisotopic (exact) mass is 326 g/mol. The van der Waals surface area contributed by atoms with Crippen molar-refractivity contribution in [3.05, 3.63) is 59.2 Å². The second kappa shape index (κ2) is 8.11. The molecule has 0 radical (unpaired) electrons. The first-order chi connectivity index (χ1) is 11.5. The van der Waals surface area contributed by atoms with E-state index >= 15 is 0 Å². The highest BCUT2D eigenvalue weighted by Crippen LogP contribution is 2.28. The molecule has 2 N–H and O–H groups in total. The molecule has 2 rings (SSSR count). The minimum absolute atomic E-state index is 0.0845. The maximum absolute atomic E-state index is 9.83. The van der Waals surface area contributed by atoms with Crippen molar-refractivity contribution < 1.29 is 19.7 Å². The number of methoxy groups -OCH3 is 1. The fourth-order valence-corrected chi connectivity index (χ4v) is 2.09. The predicted octanol–water partition coefficient (Wildman–Crippen LogP) is 4.62. The fourth-order valence-electron chi connectivity index (χ4n) is 2.09. The number of phenolic OH excluding ortho intramolecular Hbond substituents is 2. The van der Waals surface area contributed by atoms with Crippen LogP contribution in [0, 0.1) is 0 Å². The molecule has 4 heteroatoms. The summed E-state index contributed by atoms with van der Waals surface area (Å²) in [5.41, 5.74) is 2.80. The van der Waals surface area contributed by atoms with E-state index in [-0.39, 0.29) is 11.5 Å². The van der Waals surface area contributed by atoms with Crippen molar-refractivity contribution in [3.63, 3.8) is 0 Å². The van der Waals surface area contributed by atoms with Crippen molar-refractivity contribution in [1.82, 2.24) is 0 Å². The highest BCUT2D eigenvalue weighted by molar-refractivity contribution is 5.72. The van der Waals surface area contributed by atoms with Gasteiger partial charge in [0.2, 0.25) is 0 Å². The number of benzene rings is 2. The van der Waals surface area contributed by atoms with Crippen LogP contribution in [0.3, 0.4) is 0 Å². The van der Waals surface area contributed by atoms with E-state index in [0.29, 0.717) is 18.1 Å². The SMILES string of the molecule is COc1ccc(/C=C/c2cc(O)cc(OCC=C(C)C)c2)cc1O. The van der Waals surface area contributed by atoms with Crippen LogP contribution in [0.5, 0.6) is 23.0 Å². The Balaban J connectivity index is 2.15. The summed E-state index contributed by atoms with van der Waals surface area (Å²) < 4.78 is 10.6. The number of ether oxygens (including phenoxy) is 2. The van der Waals surface area contributed by atoms with E-state index in [1.807, 2.05) is 44.2 Å². The van der Waals surface area contributed by atoms with Gasteiger partial charge in [-0.25, -0.2) is 0 Å². The van der Waals surface area contributed by atoms with Crippen LogP contribution in [0.4, 0.5) is 0 Å². The molecule has 0 unspecified atom stereocenters. The Labute approximate surface area is 142 Å². The molecule has 0 aliphatic rings. The molecule has 0 spiro atoms. The van der Waals surface area contributed by atoms with E-state index in [2.05, 4.69) is 0 Å². The molecule has 0 fully saturated rings. The molecule has 0 saturated carbocycles. The first-order valence-corrected chi connectivity index (χ1v) is 7.63. The summed E-state index contributed by atoms with van der Waals surface area (Å²) in [5.74, 6) is 1.26. The van der Waals surface area contributed by atoms with E-state index in [9.17, 15) is 10.2 Å². The lowest BCUT2D eigenvalue weighted by atomic mass is 10.1. The van der Waals surface area contributed by atoms with Crippen molar-refractivity contribution >= 4 is 12.2 Å². The number of aromatic hydroxyl groups is 2. The second-order valence-corrected chi connectivity index (χ2v) is 5.62. The molecular formula is C20H22O4. The summed E-state index contributed by atoms with van der Waals surface area (Å²) in [7, 11) is 1.51. The summed E-state index contributed by atoms with van der Waals surface area (Å²) in [6.45, 7) is 4.47. The highest BCUT2D eigenvalue weighted by Gasteiger charge is 2.02. The van der Waals surface area contributed by atoms with E-state index in [4.69, 9.17) is 9.47 Å². The van der Waals surface area contributed by atoms with Gasteiger partial charge in [0.05, 0.1) is 7.11 Å². The molecule has 0 aliphatic carbocycles. The first-order valence-electron chi connectivity index (χ1n) is 7.63. The van der Waals surface area contributed by atoms with Crippen molar-refractivity contribution in [2.45, 2.75) is 13.8 Å².